The zero-order valence-electron chi connectivity index (χ0n) is 12.2. The molecule has 0 aliphatic heterocycles. The first-order valence-electron chi connectivity index (χ1n) is 6.56. The molecule has 5 nitrogen and oxygen atoms in total. The number of benzene rings is 1. The van der Waals surface area contributed by atoms with E-state index in [1.165, 1.54) is 6.07 Å². The summed E-state index contributed by atoms with van der Waals surface area (Å²) in [4.78, 5) is 15.1. The van der Waals surface area contributed by atoms with E-state index >= 15 is 0 Å². The van der Waals surface area contributed by atoms with Crippen LogP contribution in [-0.2, 0) is 0 Å². The van der Waals surface area contributed by atoms with Gasteiger partial charge in [0, 0.05) is 23.9 Å². The second-order valence-electron chi connectivity index (χ2n) is 4.81. The average Bonchev–Trinajstić information content (AvgIpc) is 2.35. The summed E-state index contributed by atoms with van der Waals surface area (Å²) in [6.07, 6.45) is 0. The van der Waals surface area contributed by atoms with Gasteiger partial charge in [-0.2, -0.15) is 4.98 Å². The summed E-state index contributed by atoms with van der Waals surface area (Å²) in [5.74, 6) is 0.447. The fourth-order valence-corrected chi connectivity index (χ4v) is 2.34. The number of nitrogens with one attached hydrogen (secondary N) is 1. The van der Waals surface area contributed by atoms with Gasteiger partial charge in [0.05, 0.1) is 0 Å². The number of nitrogens with zero attached hydrogens (tertiary/aromatic N) is 1. The van der Waals surface area contributed by atoms with Crippen LogP contribution in [0.25, 0.3) is 11.3 Å². The Balaban J connectivity index is 2.80. The first-order chi connectivity index (χ1) is 9.43. The number of hydrogen-bond acceptors (Lipinski definition) is 5. The normalized spacial score (nSPS) is 10.6. The van der Waals surface area contributed by atoms with Gasteiger partial charge in [-0.15, -0.1) is 0 Å². The third-order valence-corrected chi connectivity index (χ3v) is 3.33. The molecule has 106 valence electrons. The highest BCUT2D eigenvalue weighted by atomic mass is 16.4. The van der Waals surface area contributed by atoms with Gasteiger partial charge in [-0.25, -0.2) is 0 Å². The van der Waals surface area contributed by atoms with Crippen LogP contribution in [0.2, 0.25) is 0 Å². The number of aryl methyl sites for hydroxylation is 2. The molecular weight excluding hydrogens is 254 g/mol. The van der Waals surface area contributed by atoms with Crippen LogP contribution in [0.4, 0.5) is 11.7 Å². The van der Waals surface area contributed by atoms with E-state index in [9.17, 15) is 4.79 Å². The van der Waals surface area contributed by atoms with Crippen LogP contribution >= 0.6 is 0 Å². The van der Waals surface area contributed by atoms with Gasteiger partial charge < -0.3 is 15.5 Å². The fourth-order valence-electron chi connectivity index (χ4n) is 2.34. The fraction of sp³-hybridized carbons (Fsp3) is 0.333. The molecule has 5 heteroatoms. The molecule has 2 aromatic rings. The average molecular weight is 273 g/mol. The molecule has 0 atom stereocenters. The Morgan fingerprint density at radius 3 is 2.55 bits per heavy atom. The summed E-state index contributed by atoms with van der Waals surface area (Å²) >= 11 is 0. The van der Waals surface area contributed by atoms with Crippen LogP contribution in [0.1, 0.15) is 23.6 Å². The molecule has 0 amide bonds. The Hall–Kier alpha value is -2.30. The Morgan fingerprint density at radius 1 is 1.25 bits per heavy atom. The van der Waals surface area contributed by atoms with E-state index in [-0.39, 0.29) is 6.01 Å². The van der Waals surface area contributed by atoms with Crippen molar-refractivity contribution < 1.29 is 4.42 Å². The minimum Gasteiger partial charge on any atom is -0.425 e. The smallest absolute Gasteiger partial charge is 0.295 e. The molecule has 0 radical (unpaired) electrons. The van der Waals surface area contributed by atoms with Gasteiger partial charge in [0.2, 0.25) is 0 Å². The third kappa shape index (κ3) is 2.52. The van der Waals surface area contributed by atoms with E-state index in [1.54, 1.807) is 0 Å². The summed E-state index contributed by atoms with van der Waals surface area (Å²) in [7, 11) is 0. The molecule has 0 bridgehead atoms. The van der Waals surface area contributed by atoms with E-state index in [0.29, 0.717) is 5.76 Å². The molecule has 3 N–H and O–H groups in total. The molecular formula is C15H19N3O2. The van der Waals surface area contributed by atoms with E-state index in [1.807, 2.05) is 27.7 Å². The van der Waals surface area contributed by atoms with Crippen LogP contribution < -0.4 is 16.6 Å². The second-order valence-corrected chi connectivity index (χ2v) is 4.81. The topological polar surface area (TPSA) is 81.2 Å². The lowest BCUT2D eigenvalue weighted by atomic mass is 9.95. The van der Waals surface area contributed by atoms with Gasteiger partial charge in [-0.1, -0.05) is 6.07 Å². The molecule has 0 fully saturated rings. The summed E-state index contributed by atoms with van der Waals surface area (Å²) < 4.78 is 5.45. The summed E-state index contributed by atoms with van der Waals surface area (Å²) in [6, 6.07) is 3.37. The Bertz CT molecular complexity index is 705. The zero-order chi connectivity index (χ0) is 14.9. The molecule has 1 aromatic carbocycles. The van der Waals surface area contributed by atoms with Crippen LogP contribution in [-0.4, -0.2) is 11.5 Å². The molecule has 0 unspecified atom stereocenters. The van der Waals surface area contributed by atoms with Crippen LogP contribution in [0.15, 0.2) is 21.3 Å². The molecule has 1 aromatic heterocycles. The number of nitrogen functional groups attached to an aromatic ring is 1. The predicted octanol–water partition coefficient (Wildman–Crippen LogP) is 2.64. The maximum Gasteiger partial charge on any atom is 0.295 e. The standard InChI is InChI=1S/C15H19N3O2/c1-5-17-14-9(3)6-8(2)10(4)13(14)11-7-12(19)18-15(16)20-11/h6-7,17H,5H2,1-4H3,(H2,16,18,19). The number of hydrogen-bond donors (Lipinski definition) is 2. The summed E-state index contributed by atoms with van der Waals surface area (Å²) in [6.45, 7) is 8.86. The van der Waals surface area contributed by atoms with Crippen molar-refractivity contribution in [3.8, 4) is 11.3 Å². The number of rotatable bonds is 3. The predicted molar refractivity (Wildman–Crippen MR) is 81.0 cm³/mol. The molecule has 2 rings (SSSR count). The second kappa shape index (κ2) is 5.36. The Labute approximate surface area is 117 Å². The minimum atomic E-state index is -0.398. The van der Waals surface area contributed by atoms with Gasteiger partial charge in [0.1, 0.15) is 5.76 Å². The highest BCUT2D eigenvalue weighted by Crippen LogP contribution is 2.35. The van der Waals surface area contributed by atoms with Crippen LogP contribution in [0, 0.1) is 20.8 Å². The van der Waals surface area contributed by atoms with Crippen molar-refractivity contribution in [2.24, 2.45) is 0 Å². The summed E-state index contributed by atoms with van der Waals surface area (Å²) in [5.41, 5.74) is 10.3. The molecule has 0 aliphatic carbocycles. The first kappa shape index (κ1) is 14.1. The third-order valence-electron chi connectivity index (χ3n) is 3.33. The van der Waals surface area contributed by atoms with Crippen molar-refractivity contribution >= 4 is 11.7 Å². The Kier molecular flexibility index (Phi) is 3.79. The lowest BCUT2D eigenvalue weighted by Crippen LogP contribution is -2.09. The van der Waals surface area contributed by atoms with Gasteiger partial charge in [-0.3, -0.25) is 4.79 Å². The molecule has 0 spiro atoms. The van der Waals surface area contributed by atoms with Gasteiger partial charge >= 0.3 is 0 Å². The van der Waals surface area contributed by atoms with E-state index in [0.717, 1.165) is 34.5 Å². The molecule has 0 saturated carbocycles. The first-order valence-corrected chi connectivity index (χ1v) is 6.56. The van der Waals surface area contributed by atoms with Crippen molar-refractivity contribution in [2.75, 3.05) is 17.6 Å². The number of anilines is 2. The molecule has 20 heavy (non-hydrogen) atoms. The monoisotopic (exact) mass is 273 g/mol. The van der Waals surface area contributed by atoms with E-state index in [4.69, 9.17) is 10.2 Å². The molecule has 0 saturated heterocycles. The summed E-state index contributed by atoms with van der Waals surface area (Å²) in [5, 5.41) is 3.33. The van der Waals surface area contributed by atoms with Crippen molar-refractivity contribution in [2.45, 2.75) is 27.7 Å². The highest BCUT2D eigenvalue weighted by molar-refractivity contribution is 5.81. The van der Waals surface area contributed by atoms with E-state index in [2.05, 4.69) is 16.4 Å². The van der Waals surface area contributed by atoms with Crippen molar-refractivity contribution in [3.63, 3.8) is 0 Å². The van der Waals surface area contributed by atoms with Crippen molar-refractivity contribution in [1.29, 1.82) is 0 Å². The van der Waals surface area contributed by atoms with Crippen molar-refractivity contribution in [1.82, 2.24) is 4.98 Å². The quantitative estimate of drug-likeness (QED) is 0.898. The van der Waals surface area contributed by atoms with Crippen molar-refractivity contribution in [3.05, 3.63) is 39.2 Å². The van der Waals surface area contributed by atoms with Gasteiger partial charge in [0.25, 0.3) is 11.6 Å². The zero-order valence-corrected chi connectivity index (χ0v) is 12.2. The number of aromatic nitrogens is 1. The maximum atomic E-state index is 11.6. The van der Waals surface area contributed by atoms with Gasteiger partial charge in [-0.05, 0) is 44.4 Å². The van der Waals surface area contributed by atoms with Crippen LogP contribution in [0.3, 0.4) is 0 Å². The molecule has 0 aliphatic rings. The van der Waals surface area contributed by atoms with E-state index < -0.39 is 5.56 Å². The number of nitrogens with two attached hydrogens (primary N) is 1. The largest absolute Gasteiger partial charge is 0.425 e. The Morgan fingerprint density at radius 2 is 1.95 bits per heavy atom. The lowest BCUT2D eigenvalue weighted by molar-refractivity contribution is 0.563. The van der Waals surface area contributed by atoms with Crippen LogP contribution in [0.5, 0.6) is 0 Å². The lowest BCUT2D eigenvalue weighted by Gasteiger charge is -2.18. The maximum absolute atomic E-state index is 11.6. The SMILES string of the molecule is CCNc1c(C)cc(C)c(C)c1-c1cc(=O)nc(N)o1. The molecule has 1 heterocycles. The minimum absolute atomic E-state index is 0.117. The highest BCUT2D eigenvalue weighted by Gasteiger charge is 2.16. The van der Waals surface area contributed by atoms with Gasteiger partial charge in [0.15, 0.2) is 0 Å².